The van der Waals surface area contributed by atoms with Gasteiger partial charge in [-0.15, -0.1) is 22.3 Å². The summed E-state index contributed by atoms with van der Waals surface area (Å²) in [5.41, 5.74) is 1.82. The summed E-state index contributed by atoms with van der Waals surface area (Å²) in [6.45, 7) is 1.17. The van der Waals surface area contributed by atoms with Crippen LogP contribution in [0, 0.1) is 0 Å². The molecule has 0 radical (unpaired) electrons. The number of likely N-dealkylation sites (tertiary alicyclic amines) is 1. The van der Waals surface area contributed by atoms with Crippen molar-refractivity contribution in [3.8, 4) is 10.4 Å². The zero-order valence-electron chi connectivity index (χ0n) is 13.7. The van der Waals surface area contributed by atoms with Crippen molar-refractivity contribution in [2.45, 2.75) is 18.9 Å². The Balaban J connectivity index is 1.51. The Morgan fingerprint density at radius 1 is 1.12 bits per heavy atom. The van der Waals surface area contributed by atoms with Crippen LogP contribution in [0.5, 0.6) is 0 Å². The molecule has 5 heteroatoms. The van der Waals surface area contributed by atoms with E-state index in [-0.39, 0.29) is 5.91 Å². The molecule has 2 aromatic rings. The fourth-order valence-electron chi connectivity index (χ4n) is 3.14. The van der Waals surface area contributed by atoms with Crippen LogP contribution < -0.4 is 0 Å². The van der Waals surface area contributed by atoms with Gasteiger partial charge in [0.25, 0.3) is 5.91 Å². The number of aliphatic hydroxyl groups excluding tert-OH is 1. The highest BCUT2D eigenvalue weighted by Gasteiger charge is 2.23. The van der Waals surface area contributed by atoms with Crippen LogP contribution in [0.15, 0.2) is 48.6 Å². The van der Waals surface area contributed by atoms with Gasteiger partial charge in [-0.1, -0.05) is 18.2 Å². The third-order valence-corrected chi connectivity index (χ3v) is 6.67. The Bertz CT molecular complexity index is 889. The third-order valence-electron chi connectivity index (χ3n) is 4.47. The van der Waals surface area contributed by atoms with Crippen molar-refractivity contribution in [1.29, 1.82) is 0 Å². The molecule has 3 heterocycles. The van der Waals surface area contributed by atoms with Gasteiger partial charge in [0.15, 0.2) is 0 Å². The topological polar surface area (TPSA) is 40.5 Å². The first-order chi connectivity index (χ1) is 12.2. The van der Waals surface area contributed by atoms with E-state index in [1.165, 1.54) is 14.6 Å². The van der Waals surface area contributed by atoms with Crippen molar-refractivity contribution < 1.29 is 9.90 Å². The number of hydrogen-bond acceptors (Lipinski definition) is 3. The van der Waals surface area contributed by atoms with E-state index in [0.717, 1.165) is 24.9 Å². The maximum Gasteiger partial charge on any atom is 0.253 e. The molecule has 1 N–H and O–H groups in total. The van der Waals surface area contributed by atoms with Crippen molar-refractivity contribution in [3.63, 3.8) is 0 Å². The van der Waals surface area contributed by atoms with Gasteiger partial charge in [0.05, 0.1) is 6.10 Å². The number of benzene rings is 1. The first kappa shape index (κ1) is 16.5. The van der Waals surface area contributed by atoms with Crippen molar-refractivity contribution >= 4 is 38.4 Å². The molecule has 0 saturated carbocycles. The third kappa shape index (κ3) is 3.54. The number of β-amino-alcohol motifs (C(OH)–C–C–N with tert-alkyl or cyclic N) is 1. The Morgan fingerprint density at radius 2 is 1.92 bits per heavy atom. The van der Waals surface area contributed by atoms with Crippen LogP contribution in [0.2, 0.25) is 0 Å². The van der Waals surface area contributed by atoms with E-state index >= 15 is 0 Å². The van der Waals surface area contributed by atoms with Crippen LogP contribution in [0.3, 0.4) is 0 Å². The normalized spacial score (nSPS) is 19.6. The molecular weight excluding hydrogens is 350 g/mol. The summed E-state index contributed by atoms with van der Waals surface area (Å²) in [6.07, 6.45) is 5.46. The highest BCUT2D eigenvalue weighted by Crippen LogP contribution is 2.30. The first-order valence-electron chi connectivity index (χ1n) is 8.42. The second-order valence-electron chi connectivity index (χ2n) is 6.27. The minimum atomic E-state index is -0.390. The van der Waals surface area contributed by atoms with Gasteiger partial charge in [-0.05, 0) is 54.1 Å². The summed E-state index contributed by atoms with van der Waals surface area (Å²) in [4.78, 5) is 18.1. The predicted molar refractivity (Wildman–Crippen MR) is 108 cm³/mol. The van der Waals surface area contributed by atoms with E-state index in [1.807, 2.05) is 24.3 Å². The highest BCUT2D eigenvalue weighted by atomic mass is 32.1. The average Bonchev–Trinajstić information content (AvgIpc) is 3.32. The molecule has 0 unspecified atom stereocenters. The fourth-order valence-corrected chi connectivity index (χ4v) is 4.99. The number of amides is 1. The number of piperidine rings is 1. The lowest BCUT2D eigenvalue weighted by atomic mass is 10.1. The van der Waals surface area contributed by atoms with Gasteiger partial charge in [0.1, 0.15) is 0 Å². The molecule has 3 nitrogen and oxygen atoms in total. The van der Waals surface area contributed by atoms with Crippen LogP contribution in [-0.4, -0.2) is 45.3 Å². The van der Waals surface area contributed by atoms with E-state index in [0.29, 0.717) is 12.1 Å². The summed E-state index contributed by atoms with van der Waals surface area (Å²) in [5.74, 6) is 0.00996. The van der Waals surface area contributed by atoms with E-state index in [9.17, 15) is 9.90 Å². The van der Waals surface area contributed by atoms with Gasteiger partial charge < -0.3 is 10.0 Å². The minimum Gasteiger partial charge on any atom is -0.391 e. The Hall–Kier alpha value is -1.95. The summed E-state index contributed by atoms with van der Waals surface area (Å²) >= 11 is 1.77. The molecule has 1 fully saturated rings. The largest absolute Gasteiger partial charge is 0.391 e. The van der Waals surface area contributed by atoms with Crippen LogP contribution in [0.25, 0.3) is 10.4 Å². The fraction of sp³-hybridized carbons (Fsp3) is 0.250. The van der Waals surface area contributed by atoms with Crippen LogP contribution in [-0.2, 0) is 0 Å². The number of allylic oxidation sites excluding steroid dienone is 2. The average molecular weight is 370 g/mol. The number of carbonyl (C=O) groups is 1. The smallest absolute Gasteiger partial charge is 0.253 e. The zero-order valence-corrected chi connectivity index (χ0v) is 15.4. The van der Waals surface area contributed by atoms with Gasteiger partial charge in [0.2, 0.25) is 0 Å². The van der Waals surface area contributed by atoms with E-state index in [1.54, 1.807) is 27.2 Å². The summed E-state index contributed by atoms with van der Waals surface area (Å²) in [7, 11) is 1.75. The summed E-state index contributed by atoms with van der Waals surface area (Å²) in [5, 5.41) is 11.8. The Kier molecular flexibility index (Phi) is 4.70. The molecule has 0 spiro atoms. The second kappa shape index (κ2) is 7.12. The van der Waals surface area contributed by atoms with E-state index in [2.05, 4.69) is 29.7 Å². The minimum absolute atomic E-state index is 0.00996. The lowest BCUT2D eigenvalue weighted by Crippen LogP contribution is -2.42. The molecule has 0 aliphatic carbocycles. The zero-order chi connectivity index (χ0) is 17.2. The predicted octanol–water partition coefficient (Wildman–Crippen LogP) is 3.64. The van der Waals surface area contributed by atoms with Crippen molar-refractivity contribution in [2.75, 3.05) is 13.1 Å². The Morgan fingerprint density at radius 3 is 2.64 bits per heavy atom. The van der Waals surface area contributed by atoms with Crippen molar-refractivity contribution in [1.82, 2.24) is 4.90 Å². The van der Waals surface area contributed by atoms with Gasteiger partial charge in [0, 0.05) is 33.3 Å². The number of aliphatic hydroxyl groups is 1. The van der Waals surface area contributed by atoms with Gasteiger partial charge in [-0.2, -0.15) is 0 Å². The number of carbonyl (C=O) groups excluding carboxylic acids is 1. The molecule has 2 aliphatic heterocycles. The number of hydrogen-bond donors (Lipinski definition) is 1. The number of rotatable bonds is 3. The second-order valence-corrected chi connectivity index (χ2v) is 8.30. The molecule has 2 aliphatic rings. The molecule has 1 aromatic carbocycles. The maximum absolute atomic E-state index is 12.6. The van der Waals surface area contributed by atoms with Crippen LogP contribution in [0.1, 0.15) is 28.1 Å². The standard InChI is InChI=1S/C20H19NO2S2/c22-16-3-1-11-21(13-16)20(23)15-7-5-14(6-8-15)17-9-10-19(25-17)18-4-2-12-24-18/h2,4-10,12,16,22H,1,3,11,13H2/t16-/m0/s1. The molecule has 1 saturated heterocycles. The molecule has 4 rings (SSSR count). The molecule has 1 aromatic heterocycles. The maximum atomic E-state index is 12.6. The van der Waals surface area contributed by atoms with E-state index < -0.39 is 6.10 Å². The van der Waals surface area contributed by atoms with Crippen LogP contribution >= 0.6 is 22.3 Å². The SMILES string of the molecule is O=C(c1ccc(-c2ccc(C3=S=CC=C3)s2)cc1)N1CCC[C@H](O)C1. The first-order valence-corrected chi connectivity index (χ1v) is 10.1. The molecular formula is C20H19NO2S2. The highest BCUT2D eigenvalue weighted by molar-refractivity contribution is 7.98. The molecule has 1 amide bonds. The molecule has 1 atom stereocenters. The lowest BCUT2D eigenvalue weighted by Gasteiger charge is -2.30. The molecule has 25 heavy (non-hydrogen) atoms. The lowest BCUT2D eigenvalue weighted by molar-refractivity contribution is 0.0474. The Labute approximate surface area is 154 Å². The summed E-state index contributed by atoms with van der Waals surface area (Å²) in [6, 6.07) is 12.1. The van der Waals surface area contributed by atoms with Gasteiger partial charge in [-0.25, -0.2) is 0 Å². The number of thiophene rings is 1. The number of nitrogens with zero attached hydrogens (tertiary/aromatic N) is 1. The molecule has 128 valence electrons. The van der Waals surface area contributed by atoms with Crippen molar-refractivity contribution in [2.24, 2.45) is 0 Å². The van der Waals surface area contributed by atoms with Crippen LogP contribution in [0.4, 0.5) is 0 Å². The summed E-state index contributed by atoms with van der Waals surface area (Å²) < 4.78 is 0. The van der Waals surface area contributed by atoms with Gasteiger partial charge >= 0.3 is 0 Å². The molecule has 0 bridgehead atoms. The monoisotopic (exact) mass is 369 g/mol. The van der Waals surface area contributed by atoms with Crippen molar-refractivity contribution in [3.05, 3.63) is 59.0 Å². The van der Waals surface area contributed by atoms with E-state index in [4.69, 9.17) is 0 Å². The van der Waals surface area contributed by atoms with Gasteiger partial charge in [-0.3, -0.25) is 4.79 Å². The quantitative estimate of drug-likeness (QED) is 0.839.